The lowest BCUT2D eigenvalue weighted by atomic mass is 9.89. The molecule has 1 rings (SSSR count). The molecule has 0 radical (unpaired) electrons. The number of hydrogen-bond donors (Lipinski definition) is 2. The number of carboxylic acid groups (broad SMARTS) is 1. The molecular formula is C10H9F4NO2. The quantitative estimate of drug-likeness (QED) is 0.791. The average Bonchev–Trinajstić information content (AvgIpc) is 2.15. The molecule has 0 saturated carbocycles. The molecule has 0 bridgehead atoms. The van der Waals surface area contributed by atoms with E-state index in [4.69, 9.17) is 10.8 Å². The summed E-state index contributed by atoms with van der Waals surface area (Å²) in [6.45, 7) is 0.874. The zero-order valence-corrected chi connectivity index (χ0v) is 8.68. The highest BCUT2D eigenvalue weighted by Gasteiger charge is 2.41. The predicted molar refractivity (Wildman–Crippen MR) is 50.6 cm³/mol. The van der Waals surface area contributed by atoms with Gasteiger partial charge in [-0.25, -0.2) is 9.18 Å². The van der Waals surface area contributed by atoms with Crippen molar-refractivity contribution in [1.29, 1.82) is 0 Å². The van der Waals surface area contributed by atoms with Crippen molar-refractivity contribution in [1.82, 2.24) is 0 Å². The minimum atomic E-state index is -4.79. The molecule has 17 heavy (non-hydrogen) atoms. The second-order valence-corrected chi connectivity index (χ2v) is 3.70. The number of nitrogens with two attached hydrogens (primary N) is 1. The fourth-order valence-electron chi connectivity index (χ4n) is 1.31. The van der Waals surface area contributed by atoms with Crippen molar-refractivity contribution in [2.45, 2.75) is 18.6 Å². The van der Waals surface area contributed by atoms with Crippen LogP contribution in [0.3, 0.4) is 0 Å². The van der Waals surface area contributed by atoms with Crippen LogP contribution in [-0.2, 0) is 16.5 Å². The zero-order valence-electron chi connectivity index (χ0n) is 8.68. The van der Waals surface area contributed by atoms with Crippen LogP contribution in [0.15, 0.2) is 18.2 Å². The summed E-state index contributed by atoms with van der Waals surface area (Å²) in [5.41, 5.74) is 0.903. The molecule has 0 aliphatic rings. The van der Waals surface area contributed by atoms with Crippen molar-refractivity contribution in [3.05, 3.63) is 35.1 Å². The van der Waals surface area contributed by atoms with E-state index in [0.717, 1.165) is 6.92 Å². The highest BCUT2D eigenvalue weighted by molar-refractivity contribution is 5.80. The Bertz CT molecular complexity index is 454. The first-order valence-corrected chi connectivity index (χ1v) is 4.46. The second-order valence-electron chi connectivity index (χ2n) is 3.70. The Kier molecular flexibility index (Phi) is 3.15. The summed E-state index contributed by atoms with van der Waals surface area (Å²) in [6, 6.07) is 1.56. The minimum Gasteiger partial charge on any atom is -0.480 e. The predicted octanol–water partition coefficient (Wildman–Crippen LogP) is 2.10. The lowest BCUT2D eigenvalue weighted by Crippen LogP contribution is -2.43. The van der Waals surface area contributed by atoms with Gasteiger partial charge in [0.2, 0.25) is 0 Å². The number of hydrogen-bond acceptors (Lipinski definition) is 2. The second kappa shape index (κ2) is 3.99. The summed E-state index contributed by atoms with van der Waals surface area (Å²) in [4.78, 5) is 10.8. The number of alkyl halides is 3. The fourth-order valence-corrected chi connectivity index (χ4v) is 1.31. The van der Waals surface area contributed by atoms with Gasteiger partial charge >= 0.3 is 12.1 Å². The number of aliphatic carboxylic acids is 1. The summed E-state index contributed by atoms with van der Waals surface area (Å²) in [5, 5.41) is 8.76. The smallest absolute Gasteiger partial charge is 0.416 e. The largest absolute Gasteiger partial charge is 0.480 e. The van der Waals surface area contributed by atoms with E-state index < -0.39 is 34.6 Å². The van der Waals surface area contributed by atoms with Gasteiger partial charge in [0.25, 0.3) is 0 Å². The van der Waals surface area contributed by atoms with Crippen LogP contribution in [0.4, 0.5) is 17.6 Å². The summed E-state index contributed by atoms with van der Waals surface area (Å²) < 4.78 is 50.7. The van der Waals surface area contributed by atoms with E-state index in [1.807, 2.05) is 0 Å². The standard InChI is InChI=1S/C10H9F4NO2/c1-9(15,8(16)17)7-4-5(11)2-3-6(7)10(12,13)14/h2-4H,15H2,1H3,(H,16,17)/t9-/m1/s1. The van der Waals surface area contributed by atoms with Crippen LogP contribution in [-0.4, -0.2) is 11.1 Å². The summed E-state index contributed by atoms with van der Waals surface area (Å²) in [6.07, 6.45) is -4.79. The van der Waals surface area contributed by atoms with Crippen molar-refractivity contribution >= 4 is 5.97 Å². The molecule has 1 atom stereocenters. The Morgan fingerprint density at radius 2 is 1.82 bits per heavy atom. The minimum absolute atomic E-state index is 0.471. The molecule has 0 aliphatic heterocycles. The van der Waals surface area contributed by atoms with Crippen LogP contribution in [0.5, 0.6) is 0 Å². The van der Waals surface area contributed by atoms with Gasteiger partial charge in [-0.1, -0.05) is 0 Å². The summed E-state index contributed by atoms with van der Waals surface area (Å²) in [5.74, 6) is -2.65. The van der Waals surface area contributed by atoms with Crippen molar-refractivity contribution in [3.8, 4) is 0 Å². The monoisotopic (exact) mass is 251 g/mol. The molecule has 1 aromatic carbocycles. The van der Waals surface area contributed by atoms with Gasteiger partial charge in [0, 0.05) is 0 Å². The van der Waals surface area contributed by atoms with Crippen LogP contribution >= 0.6 is 0 Å². The third kappa shape index (κ3) is 2.55. The molecule has 0 spiro atoms. The van der Waals surface area contributed by atoms with Crippen LogP contribution < -0.4 is 5.73 Å². The third-order valence-electron chi connectivity index (χ3n) is 2.29. The topological polar surface area (TPSA) is 63.3 Å². The average molecular weight is 251 g/mol. The highest BCUT2D eigenvalue weighted by Crippen LogP contribution is 2.36. The van der Waals surface area contributed by atoms with Crippen LogP contribution in [0.1, 0.15) is 18.1 Å². The van der Waals surface area contributed by atoms with Gasteiger partial charge in [-0.15, -0.1) is 0 Å². The SMILES string of the molecule is C[C@](N)(C(=O)O)c1cc(F)ccc1C(F)(F)F. The van der Waals surface area contributed by atoms with Crippen LogP contribution in [0, 0.1) is 5.82 Å². The first kappa shape index (κ1) is 13.4. The Morgan fingerprint density at radius 3 is 2.24 bits per heavy atom. The summed E-state index contributed by atoms with van der Waals surface area (Å²) in [7, 11) is 0. The van der Waals surface area contributed by atoms with Crippen molar-refractivity contribution in [2.24, 2.45) is 5.73 Å². The molecule has 0 saturated heterocycles. The molecule has 0 unspecified atom stereocenters. The van der Waals surface area contributed by atoms with Gasteiger partial charge in [-0.2, -0.15) is 13.2 Å². The molecule has 0 aromatic heterocycles. The molecule has 0 fully saturated rings. The van der Waals surface area contributed by atoms with E-state index in [-0.39, 0.29) is 0 Å². The molecule has 7 heteroatoms. The van der Waals surface area contributed by atoms with E-state index in [9.17, 15) is 22.4 Å². The van der Waals surface area contributed by atoms with Gasteiger partial charge in [0.05, 0.1) is 5.56 Å². The number of benzene rings is 1. The molecule has 0 amide bonds. The third-order valence-corrected chi connectivity index (χ3v) is 2.29. The van der Waals surface area contributed by atoms with E-state index in [2.05, 4.69) is 0 Å². The molecule has 3 N–H and O–H groups in total. The Labute approximate surface area is 93.8 Å². The lowest BCUT2D eigenvalue weighted by molar-refractivity contribution is -0.145. The van der Waals surface area contributed by atoms with Gasteiger partial charge in [0.15, 0.2) is 0 Å². The highest BCUT2D eigenvalue weighted by atomic mass is 19.4. The molecule has 3 nitrogen and oxygen atoms in total. The molecule has 1 aromatic rings. The maximum Gasteiger partial charge on any atom is 0.416 e. The normalized spacial score (nSPS) is 15.4. The zero-order chi connectivity index (χ0) is 13.4. The fraction of sp³-hybridized carbons (Fsp3) is 0.300. The number of rotatable bonds is 2. The van der Waals surface area contributed by atoms with Gasteiger partial charge in [0.1, 0.15) is 11.4 Å². The number of halogens is 4. The lowest BCUT2D eigenvalue weighted by Gasteiger charge is -2.24. The Balaban J connectivity index is 3.51. The van der Waals surface area contributed by atoms with Crippen molar-refractivity contribution < 1.29 is 27.5 Å². The van der Waals surface area contributed by atoms with Crippen LogP contribution in [0.2, 0.25) is 0 Å². The van der Waals surface area contributed by atoms with Gasteiger partial charge < -0.3 is 10.8 Å². The Hall–Kier alpha value is -1.63. The molecule has 0 aliphatic carbocycles. The summed E-state index contributed by atoms with van der Waals surface area (Å²) >= 11 is 0. The van der Waals surface area contributed by atoms with E-state index >= 15 is 0 Å². The molecule has 0 heterocycles. The van der Waals surface area contributed by atoms with E-state index in [1.54, 1.807) is 0 Å². The van der Waals surface area contributed by atoms with Crippen molar-refractivity contribution in [3.63, 3.8) is 0 Å². The van der Waals surface area contributed by atoms with Crippen LogP contribution in [0.25, 0.3) is 0 Å². The first-order chi connectivity index (χ1) is 7.56. The molecular weight excluding hydrogens is 242 g/mol. The number of carbonyl (C=O) groups is 1. The number of carboxylic acids is 1. The molecule has 94 valence electrons. The maximum atomic E-state index is 12.9. The van der Waals surface area contributed by atoms with Gasteiger partial charge in [-0.05, 0) is 30.7 Å². The van der Waals surface area contributed by atoms with E-state index in [0.29, 0.717) is 18.2 Å². The van der Waals surface area contributed by atoms with Gasteiger partial charge in [-0.3, -0.25) is 0 Å². The van der Waals surface area contributed by atoms with Crippen molar-refractivity contribution in [2.75, 3.05) is 0 Å². The van der Waals surface area contributed by atoms with E-state index in [1.165, 1.54) is 0 Å². The Morgan fingerprint density at radius 1 is 1.29 bits per heavy atom. The first-order valence-electron chi connectivity index (χ1n) is 4.46. The maximum absolute atomic E-state index is 12.9.